The van der Waals surface area contributed by atoms with Crippen LogP contribution in [0.1, 0.15) is 22.4 Å². The van der Waals surface area contributed by atoms with Crippen molar-refractivity contribution in [1.82, 2.24) is 15.5 Å². The second kappa shape index (κ2) is 6.00. The number of H-pyrrole nitrogens is 1. The number of rotatable bonds is 4. The van der Waals surface area contributed by atoms with Crippen LogP contribution in [0, 0.1) is 13.8 Å². The lowest BCUT2D eigenvalue weighted by atomic mass is 10.1. The first-order valence-corrected chi connectivity index (χ1v) is 6.17. The number of hydrogen-bond donors (Lipinski definition) is 2. The van der Waals surface area contributed by atoms with Crippen LogP contribution in [0.3, 0.4) is 0 Å². The molecule has 1 aromatic carbocycles. The molecule has 19 heavy (non-hydrogen) atoms. The second-order valence-electron chi connectivity index (χ2n) is 4.43. The molecule has 0 saturated carbocycles. The summed E-state index contributed by atoms with van der Waals surface area (Å²) in [4.78, 5) is 11.7. The molecule has 0 aliphatic carbocycles. The number of amides is 1. The van der Waals surface area contributed by atoms with Gasteiger partial charge in [-0.05, 0) is 31.1 Å². The van der Waals surface area contributed by atoms with Gasteiger partial charge >= 0.3 is 0 Å². The quantitative estimate of drug-likeness (QED) is 0.824. The molecule has 0 aliphatic heterocycles. The average molecular weight is 255 g/mol. The van der Waals surface area contributed by atoms with Crippen molar-refractivity contribution in [3.05, 3.63) is 58.9 Å². The first-order valence-electron chi connectivity index (χ1n) is 6.17. The van der Waals surface area contributed by atoms with E-state index in [1.165, 1.54) is 0 Å². The van der Waals surface area contributed by atoms with Gasteiger partial charge in [0, 0.05) is 23.9 Å². The van der Waals surface area contributed by atoms with Crippen molar-refractivity contribution in [2.75, 3.05) is 0 Å². The minimum absolute atomic E-state index is 0.108. The van der Waals surface area contributed by atoms with Crippen molar-refractivity contribution in [3.8, 4) is 0 Å². The fraction of sp³-hybridized carbons (Fsp3) is 0.200. The molecule has 0 aliphatic rings. The van der Waals surface area contributed by atoms with Crippen LogP contribution in [0.15, 0.2) is 36.5 Å². The number of aromatic nitrogens is 2. The van der Waals surface area contributed by atoms with Gasteiger partial charge in [-0.15, -0.1) is 0 Å². The van der Waals surface area contributed by atoms with Crippen molar-refractivity contribution in [2.24, 2.45) is 0 Å². The van der Waals surface area contributed by atoms with E-state index in [-0.39, 0.29) is 5.91 Å². The highest BCUT2D eigenvalue weighted by Gasteiger charge is 2.01. The molecule has 0 fully saturated rings. The van der Waals surface area contributed by atoms with Crippen molar-refractivity contribution < 1.29 is 4.79 Å². The largest absolute Gasteiger partial charge is 0.348 e. The highest BCUT2D eigenvalue weighted by Crippen LogP contribution is 2.08. The minimum atomic E-state index is -0.108. The fourth-order valence-electron chi connectivity index (χ4n) is 1.73. The van der Waals surface area contributed by atoms with Crippen LogP contribution in [-0.4, -0.2) is 16.1 Å². The number of carbonyl (C=O) groups excluding carboxylic acids is 1. The highest BCUT2D eigenvalue weighted by atomic mass is 16.1. The van der Waals surface area contributed by atoms with Crippen LogP contribution < -0.4 is 5.32 Å². The van der Waals surface area contributed by atoms with Gasteiger partial charge in [-0.3, -0.25) is 9.89 Å². The summed E-state index contributed by atoms with van der Waals surface area (Å²) in [6.45, 7) is 4.43. The molecule has 2 rings (SSSR count). The molecule has 0 unspecified atom stereocenters. The van der Waals surface area contributed by atoms with E-state index in [9.17, 15) is 4.79 Å². The van der Waals surface area contributed by atoms with Crippen LogP contribution in [0.2, 0.25) is 0 Å². The van der Waals surface area contributed by atoms with Gasteiger partial charge < -0.3 is 5.32 Å². The molecule has 0 saturated heterocycles. The molecule has 2 N–H and O–H groups in total. The van der Waals surface area contributed by atoms with Crippen LogP contribution in [-0.2, 0) is 11.3 Å². The van der Waals surface area contributed by atoms with Gasteiger partial charge in [0.25, 0.3) is 0 Å². The predicted molar refractivity (Wildman–Crippen MR) is 75.4 cm³/mol. The number of aromatic amines is 1. The Balaban J connectivity index is 1.91. The average Bonchev–Trinajstić information content (AvgIpc) is 2.81. The van der Waals surface area contributed by atoms with Crippen molar-refractivity contribution >= 4 is 12.0 Å². The Morgan fingerprint density at radius 3 is 2.84 bits per heavy atom. The summed E-state index contributed by atoms with van der Waals surface area (Å²) in [6, 6.07) is 7.94. The fourth-order valence-corrected chi connectivity index (χ4v) is 1.73. The van der Waals surface area contributed by atoms with Crippen LogP contribution in [0.5, 0.6) is 0 Å². The van der Waals surface area contributed by atoms with E-state index in [0.29, 0.717) is 6.54 Å². The molecule has 1 amide bonds. The zero-order valence-corrected chi connectivity index (χ0v) is 11.1. The SMILES string of the molecule is Cc1ccccc1/C=C/C(=O)NCc1cn[nH]c1C. The maximum atomic E-state index is 11.7. The zero-order chi connectivity index (χ0) is 13.7. The van der Waals surface area contributed by atoms with Gasteiger partial charge in [-0.25, -0.2) is 0 Å². The minimum Gasteiger partial charge on any atom is -0.348 e. The Bertz CT molecular complexity index is 599. The summed E-state index contributed by atoms with van der Waals surface area (Å²) in [5, 5.41) is 9.58. The Kier molecular flexibility index (Phi) is 4.13. The number of carbonyl (C=O) groups is 1. The van der Waals surface area contributed by atoms with Gasteiger partial charge in [-0.2, -0.15) is 5.10 Å². The first-order chi connectivity index (χ1) is 9.16. The third-order valence-corrected chi connectivity index (χ3v) is 2.99. The Labute approximate surface area is 112 Å². The van der Waals surface area contributed by atoms with Gasteiger partial charge in [-0.1, -0.05) is 24.3 Å². The molecular weight excluding hydrogens is 238 g/mol. The zero-order valence-electron chi connectivity index (χ0n) is 11.1. The van der Waals surface area contributed by atoms with Gasteiger partial charge in [0.15, 0.2) is 0 Å². The number of nitrogens with one attached hydrogen (secondary N) is 2. The normalized spacial score (nSPS) is 10.8. The Hall–Kier alpha value is -2.36. The third kappa shape index (κ3) is 3.55. The summed E-state index contributed by atoms with van der Waals surface area (Å²) in [5.41, 5.74) is 4.18. The maximum absolute atomic E-state index is 11.7. The van der Waals surface area contributed by atoms with Crippen LogP contribution in [0.25, 0.3) is 6.08 Å². The summed E-state index contributed by atoms with van der Waals surface area (Å²) in [7, 11) is 0. The number of nitrogens with zero attached hydrogens (tertiary/aromatic N) is 1. The molecule has 0 bridgehead atoms. The lowest BCUT2D eigenvalue weighted by molar-refractivity contribution is -0.116. The molecule has 0 spiro atoms. The number of hydrogen-bond acceptors (Lipinski definition) is 2. The second-order valence-corrected chi connectivity index (χ2v) is 4.43. The molecule has 0 radical (unpaired) electrons. The third-order valence-electron chi connectivity index (χ3n) is 2.99. The molecule has 4 heteroatoms. The molecule has 4 nitrogen and oxygen atoms in total. The van der Waals surface area contributed by atoms with Crippen molar-refractivity contribution in [2.45, 2.75) is 20.4 Å². The van der Waals surface area contributed by atoms with Gasteiger partial charge in [0.2, 0.25) is 5.91 Å². The standard InChI is InChI=1S/C15H17N3O/c1-11-5-3-4-6-13(11)7-8-15(19)16-9-14-10-17-18-12(14)2/h3-8,10H,9H2,1-2H3,(H,16,19)(H,17,18)/b8-7+. The Morgan fingerprint density at radius 2 is 2.16 bits per heavy atom. The van der Waals surface area contributed by atoms with Crippen LogP contribution in [0.4, 0.5) is 0 Å². The summed E-state index contributed by atoms with van der Waals surface area (Å²) >= 11 is 0. The van der Waals surface area contributed by atoms with E-state index in [4.69, 9.17) is 0 Å². The van der Waals surface area contributed by atoms with Crippen molar-refractivity contribution in [1.29, 1.82) is 0 Å². The first kappa shape index (κ1) is 13.1. The molecule has 98 valence electrons. The topological polar surface area (TPSA) is 57.8 Å². The van der Waals surface area contributed by atoms with Gasteiger partial charge in [0.1, 0.15) is 0 Å². The highest BCUT2D eigenvalue weighted by molar-refractivity contribution is 5.91. The van der Waals surface area contributed by atoms with Gasteiger partial charge in [0.05, 0.1) is 6.20 Å². The summed E-state index contributed by atoms with van der Waals surface area (Å²) in [6.07, 6.45) is 5.10. The lowest BCUT2D eigenvalue weighted by Gasteiger charge is -2.01. The molecule has 0 atom stereocenters. The summed E-state index contributed by atoms with van der Waals surface area (Å²) < 4.78 is 0. The van der Waals surface area contributed by atoms with E-state index >= 15 is 0 Å². The van der Waals surface area contributed by atoms with E-state index in [1.807, 2.05) is 44.2 Å². The number of benzene rings is 1. The van der Waals surface area contributed by atoms with Crippen molar-refractivity contribution in [3.63, 3.8) is 0 Å². The van der Waals surface area contributed by atoms with E-state index in [0.717, 1.165) is 22.4 Å². The van der Waals surface area contributed by atoms with E-state index < -0.39 is 0 Å². The maximum Gasteiger partial charge on any atom is 0.244 e. The molecule has 2 aromatic rings. The molecular formula is C15H17N3O. The smallest absolute Gasteiger partial charge is 0.244 e. The van der Waals surface area contributed by atoms with Crippen LogP contribution >= 0.6 is 0 Å². The summed E-state index contributed by atoms with van der Waals surface area (Å²) in [5.74, 6) is -0.108. The monoisotopic (exact) mass is 255 g/mol. The molecule has 1 heterocycles. The molecule has 1 aromatic heterocycles. The van der Waals surface area contributed by atoms with E-state index in [1.54, 1.807) is 12.3 Å². The lowest BCUT2D eigenvalue weighted by Crippen LogP contribution is -2.20. The van der Waals surface area contributed by atoms with E-state index in [2.05, 4.69) is 15.5 Å². The Morgan fingerprint density at radius 1 is 1.37 bits per heavy atom. The predicted octanol–water partition coefficient (Wildman–Crippen LogP) is 2.36. The number of aryl methyl sites for hydroxylation is 2.